The minimum absolute atomic E-state index is 0.162. The summed E-state index contributed by atoms with van der Waals surface area (Å²) >= 11 is 0. The zero-order valence-corrected chi connectivity index (χ0v) is 22.6. The molecule has 0 aliphatic carbocycles. The molecule has 4 aromatic carbocycles. The summed E-state index contributed by atoms with van der Waals surface area (Å²) in [5.41, 5.74) is 2.75. The van der Waals surface area contributed by atoms with E-state index in [1.54, 1.807) is 18.3 Å². The van der Waals surface area contributed by atoms with Crippen LogP contribution in [0.3, 0.4) is 0 Å². The summed E-state index contributed by atoms with van der Waals surface area (Å²) in [5.74, 6) is -0.624. The Morgan fingerprint density at radius 1 is 0.775 bits per heavy atom. The van der Waals surface area contributed by atoms with Gasteiger partial charge in [-0.2, -0.15) is 0 Å². The largest absolute Gasteiger partial charge is 0.507 e. The van der Waals surface area contributed by atoms with E-state index in [1.165, 1.54) is 0 Å². The number of nitrogens with zero attached hydrogens (tertiary/aromatic N) is 1. The Kier molecular flexibility index (Phi) is 7.26. The van der Waals surface area contributed by atoms with Crippen LogP contribution in [0.1, 0.15) is 36.1 Å². The Bertz CT molecular complexity index is 1340. The zero-order valence-electron chi connectivity index (χ0n) is 22.6. The SMILES string of the molecule is CC1(C)O[C@H]2O[C@H](COC(c3ccccc3)(c3ccccc3)c3ccccc3)[C@@H](N=Cc3ccccc3O)[C@H]2O1. The van der Waals surface area contributed by atoms with Crippen molar-refractivity contribution in [3.8, 4) is 5.75 Å². The molecule has 0 spiro atoms. The lowest BCUT2D eigenvalue weighted by Crippen LogP contribution is -2.40. The van der Waals surface area contributed by atoms with E-state index in [0.29, 0.717) is 5.56 Å². The molecule has 0 radical (unpaired) electrons. The molecule has 2 fully saturated rings. The fraction of sp³-hybridized carbons (Fsp3) is 0.265. The molecule has 2 aliphatic rings. The Balaban J connectivity index is 1.38. The van der Waals surface area contributed by atoms with Crippen molar-refractivity contribution in [1.82, 2.24) is 0 Å². The molecule has 0 saturated carbocycles. The molecule has 6 heteroatoms. The molecule has 204 valence electrons. The number of phenols is 1. The van der Waals surface area contributed by atoms with Gasteiger partial charge < -0.3 is 24.1 Å². The van der Waals surface area contributed by atoms with Gasteiger partial charge in [0.05, 0.1) is 6.61 Å². The molecular weight excluding hydrogens is 502 g/mol. The van der Waals surface area contributed by atoms with Crippen molar-refractivity contribution in [2.75, 3.05) is 6.61 Å². The average molecular weight is 536 g/mol. The van der Waals surface area contributed by atoms with E-state index in [-0.39, 0.29) is 12.4 Å². The van der Waals surface area contributed by atoms with E-state index < -0.39 is 35.9 Å². The Hall–Kier alpha value is -3.81. The second-order valence-corrected chi connectivity index (χ2v) is 10.6. The van der Waals surface area contributed by atoms with E-state index >= 15 is 0 Å². The van der Waals surface area contributed by atoms with Gasteiger partial charge in [-0.05, 0) is 42.7 Å². The third-order valence-electron chi connectivity index (χ3n) is 7.44. The normalized spacial score (nSPS) is 23.9. The molecule has 1 N–H and O–H groups in total. The van der Waals surface area contributed by atoms with E-state index in [1.807, 2.05) is 80.6 Å². The molecule has 2 saturated heterocycles. The van der Waals surface area contributed by atoms with Crippen molar-refractivity contribution >= 4 is 6.21 Å². The summed E-state index contributed by atoms with van der Waals surface area (Å²) in [5, 5.41) is 10.3. The van der Waals surface area contributed by atoms with Gasteiger partial charge in [-0.25, -0.2) is 0 Å². The van der Waals surface area contributed by atoms with Gasteiger partial charge in [0.2, 0.25) is 0 Å². The number of fused-ring (bicyclic) bond motifs is 1. The maximum absolute atomic E-state index is 10.3. The molecule has 6 rings (SSSR count). The molecular formula is C34H33NO5. The average Bonchev–Trinajstić information content (AvgIpc) is 3.45. The van der Waals surface area contributed by atoms with Crippen LogP contribution in [0.5, 0.6) is 5.75 Å². The number of phenolic OH excluding ortho intramolecular Hbond substituents is 1. The number of aromatic hydroxyl groups is 1. The highest BCUT2D eigenvalue weighted by Crippen LogP contribution is 2.43. The predicted octanol–water partition coefficient (Wildman–Crippen LogP) is 6.06. The third kappa shape index (κ3) is 5.07. The molecule has 0 unspecified atom stereocenters. The van der Waals surface area contributed by atoms with Gasteiger partial charge in [-0.3, -0.25) is 4.99 Å². The van der Waals surface area contributed by atoms with Gasteiger partial charge in [0.15, 0.2) is 12.1 Å². The van der Waals surface area contributed by atoms with Crippen molar-refractivity contribution in [1.29, 1.82) is 0 Å². The second kappa shape index (κ2) is 11.0. The number of ether oxygens (including phenoxy) is 4. The fourth-order valence-corrected chi connectivity index (χ4v) is 5.62. The molecule has 4 aromatic rings. The second-order valence-electron chi connectivity index (χ2n) is 10.6. The van der Waals surface area contributed by atoms with E-state index in [2.05, 4.69) is 36.4 Å². The number of benzene rings is 4. The first kappa shape index (κ1) is 26.4. The van der Waals surface area contributed by atoms with Gasteiger partial charge in [-0.1, -0.05) is 103 Å². The van der Waals surface area contributed by atoms with Crippen molar-refractivity contribution in [3.05, 3.63) is 138 Å². The number of hydrogen-bond acceptors (Lipinski definition) is 6. The fourth-order valence-electron chi connectivity index (χ4n) is 5.62. The molecule has 2 heterocycles. The molecule has 2 aliphatic heterocycles. The zero-order chi connectivity index (χ0) is 27.6. The standard InChI is InChI=1S/C34H33NO5/c1-33(2)39-31-30(35-22-24-14-12-13-21-28(24)36)29(38-32(31)40-33)23-37-34(25-15-6-3-7-16-25,26-17-8-4-9-18-26)27-19-10-5-11-20-27/h3-22,29-32,36H,23H2,1-2H3/t29-,30-,31-,32-/m1/s1. The summed E-state index contributed by atoms with van der Waals surface area (Å²) in [7, 11) is 0. The lowest BCUT2D eigenvalue weighted by atomic mass is 9.80. The van der Waals surface area contributed by atoms with Gasteiger partial charge in [-0.15, -0.1) is 0 Å². The van der Waals surface area contributed by atoms with Crippen LogP contribution >= 0.6 is 0 Å². The van der Waals surface area contributed by atoms with Crippen molar-refractivity contribution < 1.29 is 24.1 Å². The van der Waals surface area contributed by atoms with Gasteiger partial charge >= 0.3 is 0 Å². The first-order valence-electron chi connectivity index (χ1n) is 13.6. The minimum atomic E-state index is -0.891. The molecule has 0 amide bonds. The number of hydrogen-bond donors (Lipinski definition) is 1. The number of aliphatic imine (C=N–C) groups is 1. The van der Waals surface area contributed by atoms with E-state index in [4.69, 9.17) is 23.9 Å². The van der Waals surface area contributed by atoms with Crippen LogP contribution < -0.4 is 0 Å². The van der Waals surface area contributed by atoms with E-state index in [0.717, 1.165) is 16.7 Å². The van der Waals surface area contributed by atoms with Crippen LogP contribution in [-0.4, -0.2) is 48.3 Å². The van der Waals surface area contributed by atoms with Crippen molar-refractivity contribution in [2.45, 2.75) is 49.8 Å². The highest BCUT2D eigenvalue weighted by Gasteiger charge is 2.55. The quantitative estimate of drug-likeness (QED) is 0.219. The first-order chi connectivity index (χ1) is 19.5. The number of rotatable bonds is 8. The Labute approximate surface area is 234 Å². The molecule has 40 heavy (non-hydrogen) atoms. The predicted molar refractivity (Wildman–Crippen MR) is 153 cm³/mol. The molecule has 4 atom stereocenters. The molecule has 6 nitrogen and oxygen atoms in total. The third-order valence-corrected chi connectivity index (χ3v) is 7.44. The van der Waals surface area contributed by atoms with Gasteiger partial charge in [0.1, 0.15) is 29.6 Å². The summed E-state index contributed by atoms with van der Waals surface area (Å²) < 4.78 is 25.8. The lowest BCUT2D eigenvalue weighted by Gasteiger charge is -2.37. The summed E-state index contributed by atoms with van der Waals surface area (Å²) in [6.07, 6.45) is 0.232. The van der Waals surface area contributed by atoms with Crippen LogP contribution in [0, 0.1) is 0 Å². The Morgan fingerprint density at radius 2 is 1.30 bits per heavy atom. The Morgan fingerprint density at radius 3 is 1.85 bits per heavy atom. The van der Waals surface area contributed by atoms with Crippen molar-refractivity contribution in [2.24, 2.45) is 4.99 Å². The van der Waals surface area contributed by atoms with Crippen LogP contribution in [0.4, 0.5) is 0 Å². The topological polar surface area (TPSA) is 69.5 Å². The summed E-state index contributed by atoms with van der Waals surface area (Å²) in [6.45, 7) is 3.96. The lowest BCUT2D eigenvalue weighted by molar-refractivity contribution is -0.213. The maximum atomic E-state index is 10.3. The summed E-state index contributed by atoms with van der Waals surface area (Å²) in [6, 6.07) is 37.4. The van der Waals surface area contributed by atoms with Crippen LogP contribution in [0.2, 0.25) is 0 Å². The van der Waals surface area contributed by atoms with Crippen LogP contribution in [-0.2, 0) is 24.5 Å². The minimum Gasteiger partial charge on any atom is -0.507 e. The number of para-hydroxylation sites is 1. The van der Waals surface area contributed by atoms with Crippen LogP contribution in [0.25, 0.3) is 0 Å². The maximum Gasteiger partial charge on any atom is 0.189 e. The first-order valence-corrected chi connectivity index (χ1v) is 13.6. The molecule has 0 bridgehead atoms. The van der Waals surface area contributed by atoms with E-state index in [9.17, 15) is 5.11 Å². The van der Waals surface area contributed by atoms with Crippen molar-refractivity contribution in [3.63, 3.8) is 0 Å². The molecule has 0 aromatic heterocycles. The smallest absolute Gasteiger partial charge is 0.189 e. The summed E-state index contributed by atoms with van der Waals surface area (Å²) in [4.78, 5) is 4.87. The van der Waals surface area contributed by atoms with Gasteiger partial charge in [0.25, 0.3) is 0 Å². The highest BCUT2D eigenvalue weighted by atomic mass is 16.8. The van der Waals surface area contributed by atoms with Gasteiger partial charge in [0, 0.05) is 11.8 Å². The van der Waals surface area contributed by atoms with Crippen LogP contribution in [0.15, 0.2) is 120 Å². The monoisotopic (exact) mass is 535 g/mol. The highest BCUT2D eigenvalue weighted by molar-refractivity contribution is 5.83.